The van der Waals surface area contributed by atoms with Gasteiger partial charge in [0, 0.05) is 39.2 Å². The van der Waals surface area contributed by atoms with Crippen molar-refractivity contribution in [2.24, 2.45) is 5.92 Å². The zero-order chi connectivity index (χ0) is 15.0. The predicted molar refractivity (Wildman–Crippen MR) is 79.3 cm³/mol. The highest BCUT2D eigenvalue weighted by atomic mass is 32.2. The highest BCUT2D eigenvalue weighted by molar-refractivity contribution is 7.86. The number of ether oxygens (including phenoxy) is 1. The second kappa shape index (κ2) is 5.87. The Hall–Kier alpha value is -1.23. The number of Topliss-reactive ketones (excluding diaryl/α,β-unsaturated/α-hetero) is 1. The molecule has 0 saturated carbocycles. The van der Waals surface area contributed by atoms with E-state index in [2.05, 4.69) is 0 Å². The quantitative estimate of drug-likeness (QED) is 0.858. The van der Waals surface area contributed by atoms with Crippen molar-refractivity contribution in [2.75, 3.05) is 7.11 Å². The molecule has 1 aromatic carbocycles. The third-order valence-electron chi connectivity index (χ3n) is 4.62. The lowest BCUT2D eigenvalue weighted by molar-refractivity contribution is -0.122. The molecule has 3 rings (SSSR count). The molecule has 1 aromatic rings. The van der Waals surface area contributed by atoms with Gasteiger partial charge in [0.1, 0.15) is 17.3 Å². The summed E-state index contributed by atoms with van der Waals surface area (Å²) in [7, 11) is 0.770. The Kier molecular flexibility index (Phi) is 4.11. The van der Waals surface area contributed by atoms with Crippen LogP contribution in [-0.2, 0) is 22.0 Å². The molecule has 2 heterocycles. The molecule has 0 aliphatic carbocycles. The van der Waals surface area contributed by atoms with E-state index in [-0.39, 0.29) is 34.4 Å². The van der Waals surface area contributed by atoms with Crippen molar-refractivity contribution in [3.05, 3.63) is 29.6 Å². The van der Waals surface area contributed by atoms with Crippen LogP contribution in [0.15, 0.2) is 18.2 Å². The Morgan fingerprint density at radius 1 is 1.33 bits per heavy atom. The van der Waals surface area contributed by atoms with Crippen molar-refractivity contribution < 1.29 is 18.1 Å². The average Bonchev–Trinajstić information content (AvgIpc) is 2.69. The van der Waals surface area contributed by atoms with Crippen LogP contribution >= 0.6 is 0 Å². The van der Waals surface area contributed by atoms with Crippen LogP contribution in [0.5, 0.6) is 5.75 Å². The summed E-state index contributed by atoms with van der Waals surface area (Å²) in [6.45, 7) is 0. The Balaban J connectivity index is 1.72. The molecule has 5 heteroatoms. The van der Waals surface area contributed by atoms with Crippen molar-refractivity contribution in [1.82, 2.24) is 0 Å². The number of rotatable bonds is 4. The number of ketones is 1. The molecule has 2 aliphatic heterocycles. The molecule has 0 N–H and O–H groups in total. The number of hydrogen-bond donors (Lipinski definition) is 0. The van der Waals surface area contributed by atoms with Gasteiger partial charge in [-0.25, -0.2) is 4.39 Å². The molecule has 2 bridgehead atoms. The summed E-state index contributed by atoms with van der Waals surface area (Å²) < 4.78 is 30.5. The van der Waals surface area contributed by atoms with E-state index >= 15 is 0 Å². The minimum absolute atomic E-state index is 0.0341. The van der Waals surface area contributed by atoms with Gasteiger partial charge in [0.2, 0.25) is 0 Å². The molecule has 2 fully saturated rings. The van der Waals surface area contributed by atoms with Gasteiger partial charge in [-0.3, -0.25) is 9.00 Å². The normalized spacial score (nSPS) is 31.1. The van der Waals surface area contributed by atoms with E-state index in [1.165, 1.54) is 19.2 Å². The maximum Gasteiger partial charge on any atom is 0.140 e. The standard InChI is InChI=1S/C16H19FO3S/c1-20-16-5-2-12(17)6-11(16)9-15(18)10-7-13-3-4-14(8-10)21(13)19/h2,5-6,10,13-14H,3-4,7-9H2,1H3. The first-order chi connectivity index (χ1) is 10.1. The van der Waals surface area contributed by atoms with Gasteiger partial charge in [-0.1, -0.05) is 0 Å². The van der Waals surface area contributed by atoms with E-state index < -0.39 is 10.8 Å². The summed E-state index contributed by atoms with van der Waals surface area (Å²) in [4.78, 5) is 12.5. The third kappa shape index (κ3) is 2.89. The zero-order valence-electron chi connectivity index (χ0n) is 12.0. The fraction of sp³-hybridized carbons (Fsp3) is 0.562. The molecule has 0 amide bonds. The molecule has 2 saturated heterocycles. The number of benzene rings is 1. The molecule has 0 radical (unpaired) electrons. The van der Waals surface area contributed by atoms with Crippen LogP contribution in [-0.4, -0.2) is 27.6 Å². The van der Waals surface area contributed by atoms with E-state index in [1.807, 2.05) is 0 Å². The highest BCUT2D eigenvalue weighted by Crippen LogP contribution is 2.39. The topological polar surface area (TPSA) is 43.4 Å². The van der Waals surface area contributed by atoms with Gasteiger partial charge in [0.05, 0.1) is 7.11 Å². The summed E-state index contributed by atoms with van der Waals surface area (Å²) >= 11 is 0. The SMILES string of the molecule is COc1ccc(F)cc1CC(=O)C1CC2CCC(C1)S2=O. The molecule has 114 valence electrons. The van der Waals surface area contributed by atoms with Crippen molar-refractivity contribution in [1.29, 1.82) is 0 Å². The number of hydrogen-bond acceptors (Lipinski definition) is 3. The second-order valence-electron chi connectivity index (χ2n) is 5.92. The predicted octanol–water partition coefficient (Wildman–Crippen LogP) is 2.64. The largest absolute Gasteiger partial charge is 0.496 e. The van der Waals surface area contributed by atoms with E-state index in [0.717, 1.165) is 25.7 Å². The van der Waals surface area contributed by atoms with E-state index in [4.69, 9.17) is 4.74 Å². The van der Waals surface area contributed by atoms with Gasteiger partial charge >= 0.3 is 0 Å². The van der Waals surface area contributed by atoms with Crippen LogP contribution < -0.4 is 4.74 Å². The van der Waals surface area contributed by atoms with E-state index in [0.29, 0.717) is 11.3 Å². The van der Waals surface area contributed by atoms with Gasteiger partial charge in [0.25, 0.3) is 0 Å². The molecule has 2 atom stereocenters. The minimum Gasteiger partial charge on any atom is -0.496 e. The second-order valence-corrected chi connectivity index (χ2v) is 7.91. The Bertz CT molecular complexity index is 571. The molecular formula is C16H19FO3S. The van der Waals surface area contributed by atoms with Crippen LogP contribution in [0.25, 0.3) is 0 Å². The molecular weight excluding hydrogens is 291 g/mol. The molecule has 2 unspecified atom stereocenters. The van der Waals surface area contributed by atoms with Crippen LogP contribution in [0.2, 0.25) is 0 Å². The summed E-state index contributed by atoms with van der Waals surface area (Å²) in [5, 5.41) is 0.374. The summed E-state index contributed by atoms with van der Waals surface area (Å²) in [6, 6.07) is 4.25. The number of carbonyl (C=O) groups is 1. The fourth-order valence-electron chi connectivity index (χ4n) is 3.51. The van der Waals surface area contributed by atoms with Crippen molar-refractivity contribution >= 4 is 16.6 Å². The van der Waals surface area contributed by atoms with Gasteiger partial charge in [0.15, 0.2) is 0 Å². The van der Waals surface area contributed by atoms with Gasteiger partial charge in [-0.15, -0.1) is 0 Å². The van der Waals surface area contributed by atoms with Crippen LogP contribution in [0.1, 0.15) is 31.2 Å². The van der Waals surface area contributed by atoms with Gasteiger partial charge in [-0.05, 0) is 43.9 Å². The Morgan fingerprint density at radius 3 is 2.62 bits per heavy atom. The molecule has 3 nitrogen and oxygen atoms in total. The van der Waals surface area contributed by atoms with E-state index in [1.54, 1.807) is 6.07 Å². The highest BCUT2D eigenvalue weighted by Gasteiger charge is 2.42. The zero-order valence-corrected chi connectivity index (χ0v) is 12.8. The molecule has 21 heavy (non-hydrogen) atoms. The smallest absolute Gasteiger partial charge is 0.140 e. The summed E-state index contributed by atoms with van der Waals surface area (Å²) in [5.41, 5.74) is 0.599. The lowest BCUT2D eigenvalue weighted by Gasteiger charge is -2.26. The lowest BCUT2D eigenvalue weighted by atomic mass is 9.90. The third-order valence-corrected chi connectivity index (χ3v) is 6.80. The lowest BCUT2D eigenvalue weighted by Crippen LogP contribution is -2.33. The molecule has 0 aromatic heterocycles. The fourth-order valence-corrected chi connectivity index (χ4v) is 5.64. The monoisotopic (exact) mass is 310 g/mol. The number of halogens is 1. The maximum absolute atomic E-state index is 13.4. The van der Waals surface area contributed by atoms with Gasteiger partial charge in [-0.2, -0.15) is 0 Å². The number of methoxy groups -OCH3 is 1. The maximum atomic E-state index is 13.4. The van der Waals surface area contributed by atoms with Crippen molar-refractivity contribution in [3.63, 3.8) is 0 Å². The minimum atomic E-state index is -0.749. The summed E-state index contributed by atoms with van der Waals surface area (Å²) in [6.07, 6.45) is 3.59. The first-order valence-electron chi connectivity index (χ1n) is 7.33. The molecule has 2 aliphatic rings. The van der Waals surface area contributed by atoms with Crippen LogP contribution in [0.4, 0.5) is 4.39 Å². The van der Waals surface area contributed by atoms with E-state index in [9.17, 15) is 13.4 Å². The Morgan fingerprint density at radius 2 is 2.00 bits per heavy atom. The Labute approximate surface area is 126 Å². The molecule has 0 spiro atoms. The van der Waals surface area contributed by atoms with Crippen LogP contribution in [0, 0.1) is 11.7 Å². The van der Waals surface area contributed by atoms with Gasteiger partial charge < -0.3 is 4.74 Å². The van der Waals surface area contributed by atoms with Crippen molar-refractivity contribution in [2.45, 2.75) is 42.6 Å². The van der Waals surface area contributed by atoms with Crippen molar-refractivity contribution in [3.8, 4) is 5.75 Å². The number of fused-ring (bicyclic) bond motifs is 2. The first-order valence-corrected chi connectivity index (χ1v) is 8.60. The number of carbonyl (C=O) groups excluding carboxylic acids is 1. The summed E-state index contributed by atoms with van der Waals surface area (Å²) in [5.74, 6) is 0.274. The van der Waals surface area contributed by atoms with Crippen LogP contribution in [0.3, 0.4) is 0 Å². The first kappa shape index (κ1) is 14.7. The average molecular weight is 310 g/mol.